The van der Waals surface area contributed by atoms with Crippen molar-refractivity contribution >= 4 is 79.6 Å². The van der Waals surface area contributed by atoms with Gasteiger partial charge < -0.3 is 39.1 Å². The highest BCUT2D eigenvalue weighted by molar-refractivity contribution is 7.20. The van der Waals surface area contributed by atoms with Crippen LogP contribution in [0.1, 0.15) is 47.2 Å². The molecule has 514 valence electrons. The van der Waals surface area contributed by atoms with E-state index in [0.717, 1.165) is 11.1 Å². The number of benzene rings is 9. The van der Waals surface area contributed by atoms with E-state index in [1.807, 2.05) is 48.5 Å². The molecule has 0 spiro atoms. The van der Waals surface area contributed by atoms with E-state index in [9.17, 15) is 0 Å². The van der Waals surface area contributed by atoms with Gasteiger partial charge in [0.2, 0.25) is 23.6 Å². The summed E-state index contributed by atoms with van der Waals surface area (Å²) in [5, 5.41) is 11.7. The number of nitrogens with zero attached hydrogens (tertiary/aromatic N) is 7. The minimum atomic E-state index is -1.22. The summed E-state index contributed by atoms with van der Waals surface area (Å²) in [6, 6.07) is 104. The molecule has 0 radical (unpaired) electrons. The van der Waals surface area contributed by atoms with Crippen molar-refractivity contribution in [3.05, 3.63) is 325 Å². The second-order valence-electron chi connectivity index (χ2n) is 24.7. The lowest BCUT2D eigenvalue weighted by molar-refractivity contribution is -0.654. The largest absolute Gasteiger partial charge is 0.489 e. The highest BCUT2D eigenvalue weighted by Crippen LogP contribution is 2.23. The van der Waals surface area contributed by atoms with E-state index in [1.54, 1.807) is 6.07 Å². The molecule has 0 unspecified atom stereocenters. The minimum Gasteiger partial charge on any atom is -0.489 e. The van der Waals surface area contributed by atoms with E-state index >= 15 is 0 Å². The maximum atomic E-state index is 7.32. The molecule has 0 fully saturated rings. The summed E-state index contributed by atoms with van der Waals surface area (Å²) in [4.78, 5) is 26.8. The number of nitrogens with two attached hydrogens (primary N) is 2. The molecule has 0 aliphatic carbocycles. The van der Waals surface area contributed by atoms with E-state index < -0.39 is 12.3 Å². The lowest BCUT2D eigenvalue weighted by atomic mass is 9.13. The molecule has 9 aromatic carbocycles. The molecule has 0 saturated carbocycles. The molecule has 4 aliphatic heterocycles. The van der Waals surface area contributed by atoms with E-state index in [1.165, 1.54) is 70.1 Å². The first kappa shape index (κ1) is 71.6. The van der Waals surface area contributed by atoms with Crippen molar-refractivity contribution in [3.8, 4) is 17.6 Å². The third-order valence-corrected chi connectivity index (χ3v) is 18.0. The molecular formula is C85H87B2N9O6. The molecule has 15 nitrogen and oxygen atoms in total. The van der Waals surface area contributed by atoms with Gasteiger partial charge in [0.05, 0.1) is 59.4 Å². The molecule has 6 heterocycles. The van der Waals surface area contributed by atoms with Crippen molar-refractivity contribution in [2.45, 2.75) is 26.6 Å². The van der Waals surface area contributed by atoms with Crippen LogP contribution in [-0.2, 0) is 32.2 Å². The van der Waals surface area contributed by atoms with Crippen molar-refractivity contribution in [1.29, 1.82) is 5.26 Å². The fourth-order valence-corrected chi connectivity index (χ4v) is 13.4. The van der Waals surface area contributed by atoms with Crippen molar-refractivity contribution in [2.75, 3.05) is 79.8 Å². The molecule has 102 heavy (non-hydrogen) atoms. The second kappa shape index (κ2) is 37.5. The lowest BCUT2D eigenvalue weighted by Gasteiger charge is -2.44. The van der Waals surface area contributed by atoms with Crippen molar-refractivity contribution in [1.82, 2.24) is 9.97 Å². The summed E-state index contributed by atoms with van der Waals surface area (Å²) in [6.07, 6.45) is -1.10. The lowest BCUT2D eigenvalue weighted by Crippen LogP contribution is -2.84. The average Bonchev–Trinajstić information content (AvgIpc) is 0.941. The zero-order valence-corrected chi connectivity index (χ0v) is 58.3. The van der Waals surface area contributed by atoms with Crippen molar-refractivity contribution < 1.29 is 39.1 Å². The van der Waals surface area contributed by atoms with Gasteiger partial charge in [-0.1, -0.05) is 267 Å². The Morgan fingerprint density at radius 2 is 0.549 bits per heavy atom. The van der Waals surface area contributed by atoms with E-state index in [0.29, 0.717) is 124 Å². The number of hydrogen-bond donors (Lipinski definition) is 2. The molecule has 0 saturated heterocycles. The Bertz CT molecular complexity index is 3850. The summed E-state index contributed by atoms with van der Waals surface area (Å²) in [7, 11) is 4.21. The number of quaternary nitrogens is 2. The number of hydrogen-bond acceptors (Lipinski definition) is 13. The Morgan fingerprint density at radius 3 is 0.725 bits per heavy atom. The molecule has 17 heteroatoms. The quantitative estimate of drug-likeness (QED) is 0.0525. The molecule has 4 N–H and O–H groups in total. The first-order chi connectivity index (χ1) is 50.4. The zero-order valence-electron chi connectivity index (χ0n) is 58.3. The van der Waals surface area contributed by atoms with Crippen molar-refractivity contribution in [2.24, 2.45) is 20.0 Å². The number of pyridine rings is 2. The van der Waals surface area contributed by atoms with Crippen molar-refractivity contribution in [3.63, 3.8) is 0 Å². The predicted molar refractivity (Wildman–Crippen MR) is 414 cm³/mol. The Balaban J connectivity index is 0.000000150. The number of rotatable bonds is 22. The third kappa shape index (κ3) is 18.2. The summed E-state index contributed by atoms with van der Waals surface area (Å²) >= 11 is 0. The number of aliphatic imine (C=N–C) groups is 4. The van der Waals surface area contributed by atoms with Gasteiger partial charge in [0.15, 0.2) is 0 Å². The Morgan fingerprint density at radius 1 is 0.343 bits per heavy atom. The van der Waals surface area contributed by atoms with Gasteiger partial charge in [-0.15, -0.1) is 0 Å². The van der Waals surface area contributed by atoms with Crippen LogP contribution in [0, 0.1) is 11.3 Å². The second-order valence-corrected chi connectivity index (χ2v) is 24.7. The standard InChI is InChI=1S/C30H28N6O6.2C24H20B.C5H14N2.C2H3N/c1-2-20(18-42-22-15-25(29-33-7-11-39-29)36-26(16-22)30-34-8-12-40-30)4-3-19(1)17-41-21-13-23(27-31-5-9-37-27)35-24(14-21)28-32-6-10-38-28;2*1-5-13-21(14-6-1)25(22-15-7-2-8-16-22,23-17-9-3-10-18-23)24-19-11-4-12-20-24;1-6-4-3-5-7-2;1-2-3/h1-4,13-16H,5-12,17-18H2;2*1-20H;6-7H,3-5H2,1-2H3;1H3/q;2*-1;;/p+2. The predicted octanol–water partition coefficient (Wildman–Crippen LogP) is 7.16. The minimum absolute atomic E-state index is 0.367. The van der Waals surface area contributed by atoms with E-state index in [4.69, 9.17) is 33.7 Å². The van der Waals surface area contributed by atoms with Gasteiger partial charge >= 0.3 is 0 Å². The smallest absolute Gasteiger partial charge is 0.235 e. The van der Waals surface area contributed by atoms with Gasteiger partial charge in [0.25, 0.3) is 0 Å². The molecule has 0 amide bonds. The highest BCUT2D eigenvalue weighted by Gasteiger charge is 2.33. The zero-order chi connectivity index (χ0) is 70.3. The normalized spacial score (nSPS) is 13.4. The van der Waals surface area contributed by atoms with Gasteiger partial charge in [-0.3, -0.25) is 0 Å². The van der Waals surface area contributed by atoms with Crippen LogP contribution in [-0.4, -0.2) is 126 Å². The average molecular weight is 1350 g/mol. The molecule has 15 rings (SSSR count). The molecule has 11 aromatic rings. The summed E-state index contributed by atoms with van der Waals surface area (Å²) in [6.45, 7) is 9.33. The van der Waals surface area contributed by atoms with Crippen LogP contribution in [0.25, 0.3) is 0 Å². The first-order valence-electron chi connectivity index (χ1n) is 35.1. The topological polar surface area (TPSA) is 188 Å². The molecule has 4 aliphatic rings. The fourth-order valence-electron chi connectivity index (χ4n) is 13.4. The van der Waals surface area contributed by atoms with Crippen LogP contribution < -0.4 is 63.8 Å². The molecule has 2 aromatic heterocycles. The van der Waals surface area contributed by atoms with E-state index in [-0.39, 0.29) is 0 Å². The first-order valence-corrected chi connectivity index (χ1v) is 35.1. The molecular weight excluding hydrogens is 1260 g/mol. The number of ether oxygens (including phenoxy) is 6. The van der Waals surface area contributed by atoms with Crippen LogP contribution >= 0.6 is 0 Å². The SMILES string of the molecule is CC#N.C[NH2+]CCC[NH2+]C.c1cc(COc2cc(C3=NCCO3)nc(C3=NCCO3)c2)ccc1COc1cc(C2=NCCO2)nc(C2=NCCO2)c1.c1ccc([B-](c2ccccc2)(c2ccccc2)c2ccccc2)cc1.c1ccc([B-](c2ccccc2)(c2ccccc2)c2ccccc2)cc1. The van der Waals surface area contributed by atoms with Gasteiger partial charge in [0, 0.05) is 37.6 Å². The Kier molecular flexibility index (Phi) is 26.3. The molecule has 0 bridgehead atoms. The maximum Gasteiger partial charge on any atom is 0.235 e. The van der Waals surface area contributed by atoms with Crippen LogP contribution in [0.2, 0.25) is 0 Å². The highest BCUT2D eigenvalue weighted by atomic mass is 16.5. The van der Waals surface area contributed by atoms with Gasteiger partial charge in [-0.05, 0) is 11.1 Å². The molecule has 0 atom stereocenters. The Hall–Kier alpha value is -11.7. The van der Waals surface area contributed by atoms with Gasteiger partial charge in [0.1, 0.15) is 86.2 Å². The monoisotopic (exact) mass is 1350 g/mol. The number of aromatic nitrogens is 2. The number of nitriles is 1. The summed E-state index contributed by atoms with van der Waals surface area (Å²) in [5.41, 5.74) is 15.1. The third-order valence-electron chi connectivity index (χ3n) is 18.0. The summed E-state index contributed by atoms with van der Waals surface area (Å²) in [5.74, 6) is 3.29. The van der Waals surface area contributed by atoms with Crippen LogP contribution in [0.15, 0.2) is 311 Å². The summed E-state index contributed by atoms with van der Waals surface area (Å²) < 4.78 is 34.8. The van der Waals surface area contributed by atoms with Gasteiger partial charge in [-0.2, -0.15) is 49.0 Å². The van der Waals surface area contributed by atoms with Crippen LogP contribution in [0.5, 0.6) is 11.5 Å². The maximum absolute atomic E-state index is 7.32. The fraction of sp³-hybridized carbons (Fsp3) is 0.188. The Labute approximate surface area is 599 Å². The van der Waals surface area contributed by atoms with Crippen LogP contribution in [0.4, 0.5) is 0 Å². The van der Waals surface area contributed by atoms with Crippen LogP contribution in [0.3, 0.4) is 0 Å². The van der Waals surface area contributed by atoms with E-state index in [2.05, 4.69) is 297 Å². The van der Waals surface area contributed by atoms with Gasteiger partial charge in [-0.25, -0.2) is 29.9 Å².